The van der Waals surface area contributed by atoms with Gasteiger partial charge in [-0.05, 0) is 11.8 Å². The molecule has 0 amide bonds. The largest absolute Gasteiger partial charge is 0.392 e. The Bertz CT molecular complexity index is 184. The van der Waals surface area contributed by atoms with Crippen LogP contribution in [0.1, 0.15) is 40.5 Å². The first-order valence-corrected chi connectivity index (χ1v) is 7.15. The highest BCUT2D eigenvalue weighted by Crippen LogP contribution is 2.12. The maximum Gasteiger partial charge on any atom is 0.0897 e. The number of hydrogen-bond acceptors (Lipinski definition) is 4. The second-order valence-electron chi connectivity index (χ2n) is 5.39. The van der Waals surface area contributed by atoms with E-state index in [1.165, 1.54) is 0 Å². The molecule has 4 heteroatoms. The molecule has 3 N–H and O–H groups in total. The molecule has 0 aliphatic carbocycles. The molecule has 0 radical (unpaired) electrons. The van der Waals surface area contributed by atoms with Crippen molar-refractivity contribution in [1.29, 1.82) is 0 Å². The van der Waals surface area contributed by atoms with Crippen LogP contribution in [0, 0.1) is 11.8 Å². The molecular formula is C14H31NO3. The first-order valence-electron chi connectivity index (χ1n) is 7.15. The molecule has 0 bridgehead atoms. The second kappa shape index (κ2) is 10.7. The molecule has 0 aliphatic rings. The smallest absolute Gasteiger partial charge is 0.0897 e. The molecular weight excluding hydrogens is 230 g/mol. The van der Waals surface area contributed by atoms with Crippen molar-refractivity contribution < 1.29 is 14.9 Å². The van der Waals surface area contributed by atoms with Crippen molar-refractivity contribution >= 4 is 0 Å². The van der Waals surface area contributed by atoms with Crippen LogP contribution in [0.25, 0.3) is 0 Å². The Kier molecular flexibility index (Phi) is 10.6. The van der Waals surface area contributed by atoms with Crippen molar-refractivity contribution in [2.24, 2.45) is 11.8 Å². The van der Waals surface area contributed by atoms with Crippen molar-refractivity contribution in [3.8, 4) is 0 Å². The van der Waals surface area contributed by atoms with Crippen LogP contribution >= 0.6 is 0 Å². The van der Waals surface area contributed by atoms with Crippen LogP contribution in [0.2, 0.25) is 0 Å². The van der Waals surface area contributed by atoms with Gasteiger partial charge in [0, 0.05) is 19.7 Å². The zero-order valence-electron chi connectivity index (χ0n) is 12.4. The molecule has 0 aromatic rings. The standard InChI is InChI=1S/C14H31NO3/c1-5-12(6-2)14(17)8-15-7-13(16)10-18-9-11(3)4/h11-17H,5-10H2,1-4H3. The van der Waals surface area contributed by atoms with E-state index < -0.39 is 6.10 Å². The van der Waals surface area contributed by atoms with Crippen molar-refractivity contribution in [3.63, 3.8) is 0 Å². The number of ether oxygens (including phenoxy) is 1. The van der Waals surface area contributed by atoms with Gasteiger partial charge in [0.15, 0.2) is 0 Å². The molecule has 0 saturated carbocycles. The number of aliphatic hydroxyl groups excluding tert-OH is 2. The number of rotatable bonds is 11. The van der Waals surface area contributed by atoms with Gasteiger partial charge >= 0.3 is 0 Å². The maximum atomic E-state index is 9.90. The zero-order valence-corrected chi connectivity index (χ0v) is 12.4. The normalized spacial score (nSPS) is 15.3. The summed E-state index contributed by atoms with van der Waals surface area (Å²) in [5.41, 5.74) is 0. The first kappa shape index (κ1) is 17.8. The van der Waals surface area contributed by atoms with Gasteiger partial charge in [0.05, 0.1) is 18.8 Å². The van der Waals surface area contributed by atoms with Gasteiger partial charge in [0.25, 0.3) is 0 Å². The third kappa shape index (κ3) is 8.86. The predicted molar refractivity (Wildman–Crippen MR) is 74.6 cm³/mol. The first-order chi connectivity index (χ1) is 8.51. The Morgan fingerprint density at radius 3 is 2.11 bits per heavy atom. The van der Waals surface area contributed by atoms with E-state index in [4.69, 9.17) is 4.74 Å². The van der Waals surface area contributed by atoms with Crippen LogP contribution < -0.4 is 5.32 Å². The lowest BCUT2D eigenvalue weighted by Crippen LogP contribution is -2.38. The van der Waals surface area contributed by atoms with E-state index in [9.17, 15) is 10.2 Å². The van der Waals surface area contributed by atoms with Crippen molar-refractivity contribution in [2.75, 3.05) is 26.3 Å². The highest BCUT2D eigenvalue weighted by Gasteiger charge is 2.15. The summed E-state index contributed by atoms with van der Waals surface area (Å²) >= 11 is 0. The minimum Gasteiger partial charge on any atom is -0.392 e. The lowest BCUT2D eigenvalue weighted by molar-refractivity contribution is 0.0232. The fourth-order valence-electron chi connectivity index (χ4n) is 1.90. The molecule has 0 aliphatic heterocycles. The summed E-state index contributed by atoms with van der Waals surface area (Å²) in [4.78, 5) is 0. The highest BCUT2D eigenvalue weighted by atomic mass is 16.5. The van der Waals surface area contributed by atoms with Gasteiger partial charge in [0.2, 0.25) is 0 Å². The Labute approximate surface area is 112 Å². The second-order valence-corrected chi connectivity index (χ2v) is 5.39. The minimum absolute atomic E-state index is 0.330. The molecule has 2 atom stereocenters. The highest BCUT2D eigenvalue weighted by molar-refractivity contribution is 4.70. The predicted octanol–water partition coefficient (Wildman–Crippen LogP) is 1.41. The Morgan fingerprint density at radius 1 is 1.00 bits per heavy atom. The van der Waals surface area contributed by atoms with E-state index in [1.54, 1.807) is 0 Å². The van der Waals surface area contributed by atoms with Gasteiger partial charge < -0.3 is 20.3 Å². The number of nitrogens with one attached hydrogen (secondary N) is 1. The molecule has 0 aromatic heterocycles. The number of aliphatic hydroxyl groups is 2. The molecule has 4 nitrogen and oxygen atoms in total. The van der Waals surface area contributed by atoms with Gasteiger partial charge in [-0.25, -0.2) is 0 Å². The fourth-order valence-corrected chi connectivity index (χ4v) is 1.90. The fraction of sp³-hybridized carbons (Fsp3) is 1.00. The van der Waals surface area contributed by atoms with Gasteiger partial charge in [-0.1, -0.05) is 40.5 Å². The Morgan fingerprint density at radius 2 is 1.61 bits per heavy atom. The van der Waals surface area contributed by atoms with E-state index in [0.717, 1.165) is 12.8 Å². The van der Waals surface area contributed by atoms with Crippen LogP contribution in [0.3, 0.4) is 0 Å². The van der Waals surface area contributed by atoms with Crippen molar-refractivity contribution in [2.45, 2.75) is 52.7 Å². The third-order valence-corrected chi connectivity index (χ3v) is 3.09. The van der Waals surface area contributed by atoms with E-state index in [0.29, 0.717) is 38.1 Å². The van der Waals surface area contributed by atoms with E-state index in [1.807, 2.05) is 0 Å². The van der Waals surface area contributed by atoms with Gasteiger partial charge in [-0.3, -0.25) is 0 Å². The minimum atomic E-state index is -0.502. The summed E-state index contributed by atoms with van der Waals surface area (Å²) in [7, 11) is 0. The SMILES string of the molecule is CCC(CC)C(O)CNCC(O)COCC(C)C. The third-order valence-electron chi connectivity index (χ3n) is 3.09. The van der Waals surface area contributed by atoms with Crippen LogP contribution in [0.4, 0.5) is 0 Å². The summed E-state index contributed by atoms with van der Waals surface area (Å²) in [6.07, 6.45) is 1.14. The molecule has 0 rings (SSSR count). The van der Waals surface area contributed by atoms with Crippen LogP contribution in [-0.4, -0.2) is 48.7 Å². The zero-order chi connectivity index (χ0) is 14.0. The average molecular weight is 261 g/mol. The summed E-state index contributed by atoms with van der Waals surface area (Å²) in [6.45, 7) is 10.4. The summed E-state index contributed by atoms with van der Waals surface area (Å²) in [5.74, 6) is 0.827. The van der Waals surface area contributed by atoms with Gasteiger partial charge in [0.1, 0.15) is 0 Å². The molecule has 0 saturated heterocycles. The summed E-state index contributed by atoms with van der Waals surface area (Å²) in [6, 6.07) is 0. The lowest BCUT2D eigenvalue weighted by atomic mass is 9.96. The van der Waals surface area contributed by atoms with Gasteiger partial charge in [-0.15, -0.1) is 0 Å². The van der Waals surface area contributed by atoms with E-state index in [2.05, 4.69) is 33.0 Å². The Balaban J connectivity index is 3.57. The van der Waals surface area contributed by atoms with Gasteiger partial charge in [-0.2, -0.15) is 0 Å². The molecule has 2 unspecified atom stereocenters. The average Bonchev–Trinajstić information content (AvgIpc) is 2.30. The van der Waals surface area contributed by atoms with Crippen LogP contribution in [-0.2, 0) is 4.74 Å². The van der Waals surface area contributed by atoms with Crippen molar-refractivity contribution in [3.05, 3.63) is 0 Å². The molecule has 110 valence electrons. The molecule has 0 aromatic carbocycles. The molecule has 0 fully saturated rings. The Hall–Kier alpha value is -0.160. The van der Waals surface area contributed by atoms with Crippen LogP contribution in [0.15, 0.2) is 0 Å². The monoisotopic (exact) mass is 261 g/mol. The van der Waals surface area contributed by atoms with Crippen molar-refractivity contribution in [1.82, 2.24) is 5.32 Å². The topological polar surface area (TPSA) is 61.7 Å². The molecule has 0 spiro atoms. The van der Waals surface area contributed by atoms with Crippen LogP contribution in [0.5, 0.6) is 0 Å². The van der Waals surface area contributed by atoms with E-state index in [-0.39, 0.29) is 6.10 Å². The van der Waals surface area contributed by atoms with E-state index >= 15 is 0 Å². The lowest BCUT2D eigenvalue weighted by Gasteiger charge is -2.21. The number of hydrogen-bond donors (Lipinski definition) is 3. The maximum absolute atomic E-state index is 9.90. The molecule has 18 heavy (non-hydrogen) atoms. The molecule has 0 heterocycles. The summed E-state index contributed by atoms with van der Waals surface area (Å²) < 4.78 is 5.35. The summed E-state index contributed by atoms with van der Waals surface area (Å²) in [5, 5.41) is 22.6. The quantitative estimate of drug-likeness (QED) is 0.526.